The molecular weight excluding hydrogens is 406 g/mol. The van der Waals surface area contributed by atoms with Crippen LogP contribution < -0.4 is 4.74 Å². The third-order valence-corrected chi connectivity index (χ3v) is 6.72. The van der Waals surface area contributed by atoms with E-state index >= 15 is 0 Å². The molecule has 0 atom stereocenters. The van der Waals surface area contributed by atoms with Crippen LogP contribution in [0.4, 0.5) is 0 Å². The van der Waals surface area contributed by atoms with Gasteiger partial charge in [0.2, 0.25) is 0 Å². The van der Waals surface area contributed by atoms with Gasteiger partial charge in [0.15, 0.2) is 0 Å². The lowest BCUT2D eigenvalue weighted by molar-refractivity contribution is 0.419. The number of methoxy groups -OCH3 is 1. The Bertz CT molecular complexity index is 1440. The van der Waals surface area contributed by atoms with Crippen molar-refractivity contribution in [3.63, 3.8) is 0 Å². The van der Waals surface area contributed by atoms with Crippen LogP contribution >= 0.6 is 11.3 Å². The van der Waals surface area contributed by atoms with Crippen LogP contribution in [0.25, 0.3) is 27.7 Å². The first kappa shape index (κ1) is 20.5. The predicted molar refractivity (Wildman–Crippen MR) is 123 cm³/mol. The second kappa shape index (κ2) is 7.79. The van der Waals surface area contributed by atoms with E-state index in [1.807, 2.05) is 58.0 Å². The molecule has 0 saturated heterocycles. The highest BCUT2D eigenvalue weighted by atomic mass is 32.1. The van der Waals surface area contributed by atoms with E-state index in [4.69, 9.17) is 4.74 Å². The van der Waals surface area contributed by atoms with Crippen molar-refractivity contribution in [2.75, 3.05) is 7.11 Å². The number of allylic oxidation sites excluding steroid dienone is 1. The molecule has 0 aliphatic rings. The van der Waals surface area contributed by atoms with E-state index in [9.17, 15) is 10.5 Å². The molecule has 3 heterocycles. The van der Waals surface area contributed by atoms with Gasteiger partial charge in [0, 0.05) is 16.3 Å². The smallest absolute Gasteiger partial charge is 0.149 e. The van der Waals surface area contributed by atoms with E-state index in [0.29, 0.717) is 28.2 Å². The molecule has 0 bridgehead atoms. The monoisotopic (exact) mass is 427 g/mol. The van der Waals surface area contributed by atoms with Gasteiger partial charge in [0.1, 0.15) is 34.2 Å². The molecule has 0 unspecified atom stereocenters. The first-order chi connectivity index (χ1) is 14.9. The van der Waals surface area contributed by atoms with Crippen LogP contribution in [0.1, 0.15) is 38.8 Å². The van der Waals surface area contributed by atoms with E-state index in [-0.39, 0.29) is 0 Å². The van der Waals surface area contributed by atoms with E-state index in [2.05, 4.69) is 26.7 Å². The quantitative estimate of drug-likeness (QED) is 0.430. The van der Waals surface area contributed by atoms with Gasteiger partial charge in [0.25, 0.3) is 0 Å². The molecule has 0 aliphatic carbocycles. The van der Waals surface area contributed by atoms with Gasteiger partial charge in [-0.3, -0.25) is 0 Å². The lowest BCUT2D eigenvalue weighted by Gasteiger charge is -2.07. The summed E-state index contributed by atoms with van der Waals surface area (Å²) in [5.41, 5.74) is 6.53. The van der Waals surface area contributed by atoms with Crippen molar-refractivity contribution in [1.29, 1.82) is 10.5 Å². The van der Waals surface area contributed by atoms with E-state index in [1.54, 1.807) is 18.4 Å². The SMILES string of the molecule is COc1cccc2[nH]c(/C(C#N)=C/c3cc(C)n(-c4sc(C)c(C)c4C#N)c3C)nc12. The number of nitrogens with zero attached hydrogens (tertiary/aromatic N) is 4. The molecule has 4 aromatic rings. The number of fused-ring (bicyclic) bond motifs is 1. The van der Waals surface area contributed by atoms with Crippen LogP contribution in [0.3, 0.4) is 0 Å². The Morgan fingerprint density at radius 3 is 2.68 bits per heavy atom. The topological polar surface area (TPSA) is 90.4 Å². The minimum atomic E-state index is 0.428. The molecule has 3 aromatic heterocycles. The summed E-state index contributed by atoms with van der Waals surface area (Å²) in [6.07, 6.45) is 1.84. The number of aromatic nitrogens is 3. The molecule has 0 amide bonds. The number of rotatable bonds is 4. The number of H-pyrrole nitrogens is 1. The van der Waals surface area contributed by atoms with Gasteiger partial charge in [-0.2, -0.15) is 10.5 Å². The number of imidazole rings is 1. The van der Waals surface area contributed by atoms with Gasteiger partial charge in [-0.05, 0) is 63.1 Å². The number of nitriles is 2. The zero-order valence-corrected chi connectivity index (χ0v) is 18.8. The highest BCUT2D eigenvalue weighted by Gasteiger charge is 2.19. The zero-order chi connectivity index (χ0) is 22.3. The maximum atomic E-state index is 9.84. The van der Waals surface area contributed by atoms with Crippen LogP contribution in [0.15, 0.2) is 24.3 Å². The first-order valence-electron chi connectivity index (χ1n) is 9.73. The van der Waals surface area contributed by atoms with E-state index in [0.717, 1.165) is 37.9 Å². The Hall–Kier alpha value is -3.81. The Morgan fingerprint density at radius 2 is 2.00 bits per heavy atom. The molecule has 1 aromatic carbocycles. The fraction of sp³-hybridized carbons (Fsp3) is 0.208. The summed E-state index contributed by atoms with van der Waals surface area (Å²) in [5.74, 6) is 1.15. The fourth-order valence-corrected chi connectivity index (χ4v) is 4.97. The van der Waals surface area contributed by atoms with Crippen molar-refractivity contribution >= 4 is 34.0 Å². The molecule has 31 heavy (non-hydrogen) atoms. The third kappa shape index (κ3) is 3.30. The van der Waals surface area contributed by atoms with Crippen LogP contribution in [-0.2, 0) is 0 Å². The minimum absolute atomic E-state index is 0.428. The predicted octanol–water partition coefficient (Wildman–Crippen LogP) is 5.59. The highest BCUT2D eigenvalue weighted by Crippen LogP contribution is 2.34. The van der Waals surface area contributed by atoms with Crippen LogP contribution in [0.5, 0.6) is 5.75 Å². The number of ether oxygens (including phenoxy) is 1. The summed E-state index contributed by atoms with van der Waals surface area (Å²) >= 11 is 1.61. The second-order valence-electron chi connectivity index (χ2n) is 7.35. The average molecular weight is 428 g/mol. The molecular formula is C24H21N5OS. The van der Waals surface area contributed by atoms with Gasteiger partial charge < -0.3 is 14.3 Å². The number of para-hydroxylation sites is 1. The van der Waals surface area contributed by atoms with Crippen LogP contribution in [0, 0.1) is 50.4 Å². The number of nitrogens with one attached hydrogen (secondary N) is 1. The number of aromatic amines is 1. The molecule has 0 spiro atoms. The average Bonchev–Trinajstić information content (AvgIpc) is 3.39. The Balaban J connectivity index is 1.84. The van der Waals surface area contributed by atoms with Crippen LogP contribution in [-0.4, -0.2) is 21.6 Å². The fourth-order valence-electron chi connectivity index (χ4n) is 3.75. The van der Waals surface area contributed by atoms with Crippen molar-refractivity contribution in [1.82, 2.24) is 14.5 Å². The van der Waals surface area contributed by atoms with Gasteiger partial charge in [-0.1, -0.05) is 6.07 Å². The molecule has 1 N–H and O–H groups in total. The number of hydrogen-bond donors (Lipinski definition) is 1. The maximum absolute atomic E-state index is 9.84. The number of benzene rings is 1. The molecule has 0 aliphatic heterocycles. The number of hydrogen-bond acceptors (Lipinski definition) is 5. The minimum Gasteiger partial charge on any atom is -0.494 e. The maximum Gasteiger partial charge on any atom is 0.149 e. The third-order valence-electron chi connectivity index (χ3n) is 5.52. The zero-order valence-electron chi connectivity index (χ0n) is 18.0. The largest absolute Gasteiger partial charge is 0.494 e. The Labute approximate surface area is 184 Å². The molecule has 0 radical (unpaired) electrons. The molecule has 6 nitrogen and oxygen atoms in total. The Morgan fingerprint density at radius 1 is 1.23 bits per heavy atom. The number of aryl methyl sites for hydroxylation is 2. The van der Waals surface area contributed by atoms with E-state index < -0.39 is 0 Å². The lowest BCUT2D eigenvalue weighted by Crippen LogP contribution is -1.99. The molecule has 0 saturated carbocycles. The highest BCUT2D eigenvalue weighted by molar-refractivity contribution is 7.14. The van der Waals surface area contributed by atoms with Gasteiger partial charge in [-0.25, -0.2) is 4.98 Å². The summed E-state index contributed by atoms with van der Waals surface area (Å²) in [4.78, 5) is 8.93. The van der Waals surface area contributed by atoms with E-state index in [1.165, 1.54) is 0 Å². The number of thiophene rings is 1. The van der Waals surface area contributed by atoms with Crippen molar-refractivity contribution < 1.29 is 4.74 Å². The second-order valence-corrected chi connectivity index (χ2v) is 8.55. The first-order valence-corrected chi connectivity index (χ1v) is 10.6. The molecule has 4 rings (SSSR count). The Kier molecular flexibility index (Phi) is 5.14. The lowest BCUT2D eigenvalue weighted by atomic mass is 10.1. The molecule has 0 fully saturated rings. The van der Waals surface area contributed by atoms with Crippen LogP contribution in [0.2, 0.25) is 0 Å². The molecule has 154 valence electrons. The van der Waals surface area contributed by atoms with Gasteiger partial charge in [-0.15, -0.1) is 11.3 Å². The summed E-state index contributed by atoms with van der Waals surface area (Å²) in [6.45, 7) is 8.02. The van der Waals surface area contributed by atoms with Crippen molar-refractivity contribution in [2.45, 2.75) is 27.7 Å². The molecule has 7 heteroatoms. The standard InChI is InChI=1S/C24H21N5OS/c1-13-9-17(15(3)29(13)24-19(12-26)14(2)16(4)31-24)10-18(11-25)23-27-20-7-6-8-21(30-5)22(20)28-23/h6-10H,1-5H3,(H,27,28)/b18-10+. The van der Waals surface area contributed by atoms with Crippen molar-refractivity contribution in [2.24, 2.45) is 0 Å². The van der Waals surface area contributed by atoms with Crippen molar-refractivity contribution in [3.8, 4) is 22.9 Å². The summed E-state index contributed by atoms with van der Waals surface area (Å²) in [7, 11) is 1.60. The van der Waals surface area contributed by atoms with Gasteiger partial charge in [0.05, 0.1) is 23.8 Å². The summed E-state index contributed by atoms with van der Waals surface area (Å²) in [5, 5.41) is 20.4. The van der Waals surface area contributed by atoms with Gasteiger partial charge >= 0.3 is 0 Å². The summed E-state index contributed by atoms with van der Waals surface area (Å²) < 4.78 is 7.47. The van der Waals surface area contributed by atoms with Crippen molar-refractivity contribution in [3.05, 3.63) is 63.0 Å². The normalized spacial score (nSPS) is 11.5. The summed E-state index contributed by atoms with van der Waals surface area (Å²) in [6, 6.07) is 12.3.